The number of hydrogen-bond acceptors (Lipinski definition) is 7. The van der Waals surface area contributed by atoms with E-state index in [4.69, 9.17) is 9.47 Å². The molecule has 0 aliphatic carbocycles. The van der Waals surface area contributed by atoms with E-state index >= 15 is 0 Å². The molecule has 1 aromatic carbocycles. The van der Waals surface area contributed by atoms with Gasteiger partial charge in [-0.25, -0.2) is 9.97 Å². The number of ether oxygens (including phenoxy) is 2. The van der Waals surface area contributed by atoms with Crippen molar-refractivity contribution in [2.45, 2.75) is 19.1 Å². The molecule has 10 nitrogen and oxygen atoms in total. The number of nitrogens with zero attached hydrogens (tertiary/aromatic N) is 5. The van der Waals surface area contributed by atoms with Crippen molar-refractivity contribution in [2.24, 2.45) is 7.05 Å². The Morgan fingerprint density at radius 3 is 2.69 bits per heavy atom. The highest BCUT2D eigenvalue weighted by atomic mass is 32.2. The van der Waals surface area contributed by atoms with Crippen molar-refractivity contribution in [1.29, 1.82) is 0 Å². The minimum absolute atomic E-state index is 0.0566. The molecule has 2 aliphatic heterocycles. The van der Waals surface area contributed by atoms with E-state index in [-0.39, 0.29) is 18.2 Å². The first kappa shape index (κ1) is 23.9. The predicted molar refractivity (Wildman–Crippen MR) is 125 cm³/mol. The summed E-state index contributed by atoms with van der Waals surface area (Å²) < 4.78 is 66.5. The zero-order valence-corrected chi connectivity index (χ0v) is 19.9. The van der Waals surface area contributed by atoms with Crippen LogP contribution in [0.3, 0.4) is 0 Å². The molecule has 0 unspecified atom stereocenters. The molecule has 0 atom stereocenters. The molecule has 0 amide bonds. The number of imidazole rings is 1. The average molecular weight is 509 g/mol. The van der Waals surface area contributed by atoms with Crippen LogP contribution in [0.4, 0.5) is 14.6 Å². The smallest absolute Gasteiger partial charge is 0.387 e. The Hall–Kier alpha value is -2.87. The molecule has 3 aromatic rings. The molecule has 188 valence electrons. The normalized spacial score (nSPS) is 18.2. The number of anilines is 1. The summed E-state index contributed by atoms with van der Waals surface area (Å²) in [5, 5.41) is 3.14. The van der Waals surface area contributed by atoms with Crippen molar-refractivity contribution in [2.75, 3.05) is 44.7 Å². The summed E-state index contributed by atoms with van der Waals surface area (Å²) in [4.78, 5) is 8.54. The van der Waals surface area contributed by atoms with Crippen LogP contribution in [0.5, 0.6) is 5.75 Å². The van der Waals surface area contributed by atoms with Crippen LogP contribution in [0.2, 0.25) is 0 Å². The first-order valence-electron chi connectivity index (χ1n) is 11.2. The summed E-state index contributed by atoms with van der Waals surface area (Å²) in [5.74, 6) is 0.541. The Kier molecular flexibility index (Phi) is 6.57. The van der Waals surface area contributed by atoms with Crippen LogP contribution >= 0.6 is 0 Å². The number of aryl methyl sites for hydroxylation is 1. The van der Waals surface area contributed by atoms with Crippen LogP contribution in [-0.2, 0) is 28.5 Å². The Morgan fingerprint density at radius 1 is 1.17 bits per heavy atom. The van der Waals surface area contributed by atoms with Gasteiger partial charge >= 0.3 is 6.61 Å². The van der Waals surface area contributed by atoms with Gasteiger partial charge in [-0.2, -0.15) is 25.8 Å². The molecule has 2 aliphatic rings. The van der Waals surface area contributed by atoms with Crippen LogP contribution in [-0.4, -0.2) is 77.6 Å². The fourth-order valence-corrected chi connectivity index (χ4v) is 5.94. The minimum atomic E-state index is -3.55. The van der Waals surface area contributed by atoms with Gasteiger partial charge in [0.25, 0.3) is 10.2 Å². The third-order valence-electron chi connectivity index (χ3n) is 6.32. The summed E-state index contributed by atoms with van der Waals surface area (Å²) in [5.41, 5.74) is 2.95. The summed E-state index contributed by atoms with van der Waals surface area (Å²) in [6, 6.07) is 6.96. The lowest BCUT2D eigenvalue weighted by molar-refractivity contribution is -0.0504. The quantitative estimate of drug-likeness (QED) is 0.498. The van der Waals surface area contributed by atoms with E-state index in [9.17, 15) is 17.2 Å². The molecule has 0 spiro atoms. The zero-order valence-electron chi connectivity index (χ0n) is 19.1. The Balaban J connectivity index is 1.27. The number of rotatable bonds is 8. The van der Waals surface area contributed by atoms with Gasteiger partial charge in [0.2, 0.25) is 0 Å². The molecule has 35 heavy (non-hydrogen) atoms. The van der Waals surface area contributed by atoms with Gasteiger partial charge in [0, 0.05) is 57.3 Å². The highest BCUT2D eigenvalue weighted by Crippen LogP contribution is 2.34. The van der Waals surface area contributed by atoms with E-state index in [0.717, 1.165) is 16.6 Å². The standard InChI is InChI=1S/C22H26F2N6O4S/c1-28-14-27-18-11-26-21(9-19(18)28)25-10-16-3-2-15(8-20(16)34-22(23)24)17-12-30(13-17)35(31,32)29-4-6-33-7-5-29/h2-3,8-9,11,14,17,22H,4-7,10,12-13H2,1H3,(H,25,26). The summed E-state index contributed by atoms with van der Waals surface area (Å²) in [6.45, 7) is -0.745. The summed E-state index contributed by atoms with van der Waals surface area (Å²) in [6.07, 6.45) is 3.34. The van der Waals surface area contributed by atoms with Crippen molar-refractivity contribution >= 4 is 27.1 Å². The van der Waals surface area contributed by atoms with Crippen LogP contribution in [0, 0.1) is 0 Å². The zero-order chi connectivity index (χ0) is 24.6. The molecule has 0 bridgehead atoms. The number of aromatic nitrogens is 3. The van der Waals surface area contributed by atoms with Gasteiger partial charge < -0.3 is 19.4 Å². The molecule has 4 heterocycles. The monoisotopic (exact) mass is 508 g/mol. The van der Waals surface area contributed by atoms with E-state index in [1.165, 1.54) is 8.61 Å². The van der Waals surface area contributed by atoms with Crippen LogP contribution in [0.15, 0.2) is 36.8 Å². The summed E-state index contributed by atoms with van der Waals surface area (Å²) >= 11 is 0. The Labute approximate surface area is 201 Å². The number of nitrogens with one attached hydrogen (secondary N) is 1. The predicted octanol–water partition coefficient (Wildman–Crippen LogP) is 2.16. The van der Waals surface area contributed by atoms with Gasteiger partial charge in [-0.3, -0.25) is 0 Å². The van der Waals surface area contributed by atoms with Crippen LogP contribution in [0.25, 0.3) is 11.0 Å². The molecule has 5 rings (SSSR count). The number of pyridine rings is 1. The second-order valence-corrected chi connectivity index (χ2v) is 10.5. The first-order valence-corrected chi connectivity index (χ1v) is 12.6. The first-order chi connectivity index (χ1) is 16.8. The van der Waals surface area contributed by atoms with Crippen molar-refractivity contribution in [3.8, 4) is 5.75 Å². The molecule has 2 fully saturated rings. The number of hydrogen-bond donors (Lipinski definition) is 1. The molecule has 13 heteroatoms. The maximum Gasteiger partial charge on any atom is 0.387 e. The van der Waals surface area contributed by atoms with Crippen LogP contribution in [0.1, 0.15) is 17.0 Å². The minimum Gasteiger partial charge on any atom is -0.434 e. The Morgan fingerprint density at radius 2 is 1.94 bits per heavy atom. The highest BCUT2D eigenvalue weighted by Gasteiger charge is 2.40. The topological polar surface area (TPSA) is 102 Å². The lowest BCUT2D eigenvalue weighted by Gasteiger charge is -2.41. The van der Waals surface area contributed by atoms with Gasteiger partial charge in [-0.05, 0) is 11.6 Å². The molecule has 1 N–H and O–H groups in total. The fraction of sp³-hybridized carbons (Fsp3) is 0.455. The Bertz CT molecular complexity index is 1310. The van der Waals surface area contributed by atoms with Crippen molar-refractivity contribution in [3.63, 3.8) is 0 Å². The maximum absolute atomic E-state index is 13.1. The van der Waals surface area contributed by atoms with E-state index < -0.39 is 16.8 Å². The number of benzene rings is 1. The number of morpholine rings is 1. The van der Waals surface area contributed by atoms with Gasteiger partial charge in [-0.1, -0.05) is 12.1 Å². The molecular weight excluding hydrogens is 482 g/mol. The molecule has 2 aromatic heterocycles. The number of alkyl halides is 2. The van der Waals surface area contributed by atoms with Crippen molar-refractivity contribution < 1.29 is 26.7 Å². The third kappa shape index (κ3) is 4.94. The van der Waals surface area contributed by atoms with Crippen molar-refractivity contribution in [1.82, 2.24) is 23.1 Å². The van der Waals surface area contributed by atoms with Gasteiger partial charge in [0.1, 0.15) is 17.1 Å². The van der Waals surface area contributed by atoms with E-state index in [0.29, 0.717) is 50.8 Å². The van der Waals surface area contributed by atoms with Crippen LogP contribution < -0.4 is 10.1 Å². The number of fused-ring (bicyclic) bond motifs is 1. The SMILES string of the molecule is Cn1cnc2cnc(NCc3ccc(C4CN(S(=O)(=O)N5CCOCC5)C4)cc3OC(F)F)cc21. The highest BCUT2D eigenvalue weighted by molar-refractivity contribution is 7.86. The van der Waals surface area contributed by atoms with Crippen molar-refractivity contribution in [3.05, 3.63) is 47.9 Å². The summed E-state index contributed by atoms with van der Waals surface area (Å²) in [7, 11) is -1.67. The van der Waals surface area contributed by atoms with Gasteiger partial charge in [0.05, 0.1) is 31.3 Å². The van der Waals surface area contributed by atoms with Gasteiger partial charge in [0.15, 0.2) is 0 Å². The van der Waals surface area contributed by atoms with E-state index in [1.54, 1.807) is 24.7 Å². The molecule has 0 radical (unpaired) electrons. The van der Waals surface area contributed by atoms with Gasteiger partial charge in [-0.15, -0.1) is 0 Å². The molecule has 0 saturated carbocycles. The second kappa shape index (κ2) is 9.64. The van der Waals surface area contributed by atoms with E-state index in [2.05, 4.69) is 15.3 Å². The molecular formula is C22H26F2N6O4S. The van der Waals surface area contributed by atoms with E-state index in [1.807, 2.05) is 23.7 Å². The number of halogens is 2. The molecule has 2 saturated heterocycles. The third-order valence-corrected chi connectivity index (χ3v) is 8.29. The fourth-order valence-electron chi connectivity index (χ4n) is 4.27. The maximum atomic E-state index is 13.1. The lowest BCUT2D eigenvalue weighted by atomic mass is 9.92. The average Bonchev–Trinajstić information content (AvgIpc) is 3.18. The lowest BCUT2D eigenvalue weighted by Crippen LogP contribution is -2.56. The second-order valence-electron chi connectivity index (χ2n) is 8.55. The largest absolute Gasteiger partial charge is 0.434 e.